The summed E-state index contributed by atoms with van der Waals surface area (Å²) in [6.07, 6.45) is 0.863. The summed E-state index contributed by atoms with van der Waals surface area (Å²) >= 11 is 3.25. The summed E-state index contributed by atoms with van der Waals surface area (Å²) in [6.45, 7) is 2.81. The van der Waals surface area contributed by atoms with Crippen LogP contribution in [0.25, 0.3) is 0 Å². The standard InChI is InChI=1S/C13H15N3O2S2/c1-7-15-16-13(20-7)19-6-10-9-5-12(18)11(17)4-8(9)2-3-14-10/h4-5,10,14,17-18H,2-3,6H2,1H3. The van der Waals surface area contributed by atoms with Gasteiger partial charge in [0.2, 0.25) is 0 Å². The molecular formula is C13H15N3O2S2. The second kappa shape index (κ2) is 5.59. The van der Waals surface area contributed by atoms with Gasteiger partial charge in [-0.2, -0.15) is 0 Å². The maximum Gasteiger partial charge on any atom is 0.174 e. The Bertz CT molecular complexity index is 630. The number of phenolic OH excluding ortho intramolecular Hbond substituents is 2. The zero-order valence-corrected chi connectivity index (χ0v) is 12.6. The zero-order valence-electron chi connectivity index (χ0n) is 11.0. The molecule has 5 nitrogen and oxygen atoms in total. The van der Waals surface area contributed by atoms with E-state index in [4.69, 9.17) is 0 Å². The van der Waals surface area contributed by atoms with E-state index in [0.29, 0.717) is 0 Å². The van der Waals surface area contributed by atoms with Crippen molar-refractivity contribution in [3.05, 3.63) is 28.3 Å². The molecule has 1 aromatic carbocycles. The van der Waals surface area contributed by atoms with Crippen molar-refractivity contribution in [3.63, 3.8) is 0 Å². The average molecular weight is 309 g/mol. The number of aryl methyl sites for hydroxylation is 1. The molecule has 2 aromatic rings. The van der Waals surface area contributed by atoms with Gasteiger partial charge in [-0.1, -0.05) is 23.1 Å². The lowest BCUT2D eigenvalue weighted by Crippen LogP contribution is -2.31. The Balaban J connectivity index is 1.77. The third-order valence-electron chi connectivity index (χ3n) is 3.28. The Labute approximate surface area is 125 Å². The van der Waals surface area contributed by atoms with Gasteiger partial charge in [-0.3, -0.25) is 0 Å². The first kappa shape index (κ1) is 13.7. The molecule has 20 heavy (non-hydrogen) atoms. The van der Waals surface area contributed by atoms with Crippen molar-refractivity contribution in [3.8, 4) is 11.5 Å². The van der Waals surface area contributed by atoms with Gasteiger partial charge in [-0.25, -0.2) is 0 Å². The van der Waals surface area contributed by atoms with Crippen LogP contribution in [0.5, 0.6) is 11.5 Å². The fourth-order valence-electron chi connectivity index (χ4n) is 2.31. The number of hydrogen-bond donors (Lipinski definition) is 3. The summed E-state index contributed by atoms with van der Waals surface area (Å²) in [5, 5.41) is 31.8. The van der Waals surface area contributed by atoms with Gasteiger partial charge in [0.15, 0.2) is 15.8 Å². The Morgan fingerprint density at radius 3 is 2.90 bits per heavy atom. The fourth-order valence-corrected chi connectivity index (χ4v) is 4.23. The van der Waals surface area contributed by atoms with Crippen LogP contribution in [0.3, 0.4) is 0 Å². The zero-order chi connectivity index (χ0) is 14.1. The Morgan fingerprint density at radius 1 is 1.35 bits per heavy atom. The van der Waals surface area contributed by atoms with Crippen LogP contribution in [0.15, 0.2) is 16.5 Å². The molecule has 0 saturated heterocycles. The summed E-state index contributed by atoms with van der Waals surface area (Å²) < 4.78 is 0.958. The van der Waals surface area contributed by atoms with E-state index in [0.717, 1.165) is 39.2 Å². The number of fused-ring (bicyclic) bond motifs is 1. The summed E-state index contributed by atoms with van der Waals surface area (Å²) in [5.41, 5.74) is 2.15. The van der Waals surface area contributed by atoms with Crippen LogP contribution in [-0.4, -0.2) is 32.7 Å². The van der Waals surface area contributed by atoms with E-state index in [1.807, 2.05) is 6.92 Å². The normalized spacial score (nSPS) is 17.9. The highest BCUT2D eigenvalue weighted by atomic mass is 32.2. The summed E-state index contributed by atoms with van der Waals surface area (Å²) in [4.78, 5) is 0. The van der Waals surface area contributed by atoms with E-state index in [1.54, 1.807) is 35.2 Å². The topological polar surface area (TPSA) is 78.3 Å². The first-order valence-electron chi connectivity index (χ1n) is 6.34. The van der Waals surface area contributed by atoms with Crippen molar-refractivity contribution in [2.75, 3.05) is 12.3 Å². The molecule has 0 saturated carbocycles. The number of thioether (sulfide) groups is 1. The molecule has 0 bridgehead atoms. The van der Waals surface area contributed by atoms with E-state index < -0.39 is 0 Å². The second-order valence-corrected chi connectivity index (χ2v) is 7.14. The SMILES string of the molecule is Cc1nnc(SCC2NCCc3cc(O)c(O)cc32)s1. The summed E-state index contributed by atoms with van der Waals surface area (Å²) in [7, 11) is 0. The van der Waals surface area contributed by atoms with Crippen molar-refractivity contribution in [1.29, 1.82) is 0 Å². The molecule has 0 fully saturated rings. The van der Waals surface area contributed by atoms with Gasteiger partial charge in [0, 0.05) is 11.8 Å². The predicted octanol–water partition coefficient (Wildman–Crippen LogP) is 2.24. The third-order valence-corrected chi connectivity index (χ3v) is 5.34. The number of phenols is 2. The van der Waals surface area contributed by atoms with Crippen LogP contribution in [-0.2, 0) is 6.42 Å². The lowest BCUT2D eigenvalue weighted by atomic mass is 9.94. The van der Waals surface area contributed by atoms with Gasteiger partial charge in [-0.15, -0.1) is 10.2 Å². The van der Waals surface area contributed by atoms with Gasteiger partial charge < -0.3 is 15.5 Å². The molecule has 0 aliphatic carbocycles. The molecule has 1 aromatic heterocycles. The summed E-state index contributed by atoms with van der Waals surface area (Å²) in [5.74, 6) is 0.720. The largest absolute Gasteiger partial charge is 0.504 e. The van der Waals surface area contributed by atoms with Crippen molar-refractivity contribution in [1.82, 2.24) is 15.5 Å². The first-order valence-corrected chi connectivity index (χ1v) is 8.14. The van der Waals surface area contributed by atoms with Crippen LogP contribution >= 0.6 is 23.1 Å². The molecule has 1 atom stereocenters. The first-order chi connectivity index (χ1) is 9.63. The Hall–Kier alpha value is -1.31. The minimum Gasteiger partial charge on any atom is -0.504 e. The minimum atomic E-state index is -0.0609. The van der Waals surface area contributed by atoms with Crippen molar-refractivity contribution < 1.29 is 10.2 Å². The predicted molar refractivity (Wildman–Crippen MR) is 79.6 cm³/mol. The van der Waals surface area contributed by atoms with Crippen LogP contribution < -0.4 is 5.32 Å². The van der Waals surface area contributed by atoms with Gasteiger partial charge in [0.1, 0.15) is 5.01 Å². The Morgan fingerprint density at radius 2 is 2.15 bits per heavy atom. The van der Waals surface area contributed by atoms with E-state index in [2.05, 4.69) is 15.5 Å². The number of benzene rings is 1. The molecule has 1 aliphatic heterocycles. The maximum atomic E-state index is 9.68. The van der Waals surface area contributed by atoms with Crippen molar-refractivity contribution in [2.45, 2.75) is 23.7 Å². The molecule has 1 aliphatic rings. The lowest BCUT2D eigenvalue weighted by Gasteiger charge is -2.26. The molecule has 7 heteroatoms. The molecule has 0 spiro atoms. The van der Waals surface area contributed by atoms with Crippen LogP contribution in [0.2, 0.25) is 0 Å². The molecule has 1 unspecified atom stereocenters. The van der Waals surface area contributed by atoms with E-state index in [1.165, 1.54) is 0 Å². The number of nitrogens with zero attached hydrogens (tertiary/aromatic N) is 2. The lowest BCUT2D eigenvalue weighted by molar-refractivity contribution is 0.400. The van der Waals surface area contributed by atoms with Gasteiger partial charge in [0.25, 0.3) is 0 Å². The van der Waals surface area contributed by atoms with Gasteiger partial charge in [0.05, 0.1) is 0 Å². The number of aromatic nitrogens is 2. The smallest absolute Gasteiger partial charge is 0.174 e. The second-order valence-electron chi connectivity index (χ2n) is 4.69. The maximum absolute atomic E-state index is 9.68. The number of aromatic hydroxyl groups is 2. The van der Waals surface area contributed by atoms with E-state index in [-0.39, 0.29) is 17.5 Å². The quantitative estimate of drug-likeness (QED) is 0.596. The van der Waals surface area contributed by atoms with Crippen LogP contribution in [0, 0.1) is 6.92 Å². The average Bonchev–Trinajstić information content (AvgIpc) is 2.84. The molecular weight excluding hydrogens is 294 g/mol. The highest BCUT2D eigenvalue weighted by Gasteiger charge is 2.22. The Kier molecular flexibility index (Phi) is 3.82. The monoisotopic (exact) mass is 309 g/mol. The molecule has 0 amide bonds. The molecule has 3 N–H and O–H groups in total. The molecule has 2 heterocycles. The van der Waals surface area contributed by atoms with Crippen molar-refractivity contribution >= 4 is 23.1 Å². The fraction of sp³-hybridized carbons (Fsp3) is 0.385. The number of nitrogens with one attached hydrogen (secondary N) is 1. The molecule has 0 radical (unpaired) electrons. The van der Waals surface area contributed by atoms with Crippen molar-refractivity contribution in [2.24, 2.45) is 0 Å². The molecule has 3 rings (SSSR count). The number of rotatable bonds is 3. The van der Waals surface area contributed by atoms with Crippen LogP contribution in [0.4, 0.5) is 0 Å². The highest BCUT2D eigenvalue weighted by Crippen LogP contribution is 2.36. The van der Waals surface area contributed by atoms with E-state index >= 15 is 0 Å². The highest BCUT2D eigenvalue weighted by molar-refractivity contribution is 8.01. The number of hydrogen-bond acceptors (Lipinski definition) is 7. The minimum absolute atomic E-state index is 0.0446. The molecule has 106 valence electrons. The van der Waals surface area contributed by atoms with Gasteiger partial charge in [-0.05, 0) is 43.1 Å². The summed E-state index contributed by atoms with van der Waals surface area (Å²) in [6, 6.07) is 3.48. The third kappa shape index (κ3) is 2.74. The van der Waals surface area contributed by atoms with Gasteiger partial charge >= 0.3 is 0 Å². The van der Waals surface area contributed by atoms with Crippen LogP contribution in [0.1, 0.15) is 22.2 Å². The van der Waals surface area contributed by atoms with E-state index in [9.17, 15) is 10.2 Å².